The molecule has 1 saturated carbocycles. The van der Waals surface area contributed by atoms with Gasteiger partial charge in [-0.25, -0.2) is 0 Å². The normalized spacial score (nSPS) is 19.6. The highest BCUT2D eigenvalue weighted by Gasteiger charge is 2.29. The summed E-state index contributed by atoms with van der Waals surface area (Å²) in [5.74, 6) is 0. The zero-order valence-electron chi connectivity index (χ0n) is 10.8. The van der Waals surface area contributed by atoms with Gasteiger partial charge < -0.3 is 0 Å². The summed E-state index contributed by atoms with van der Waals surface area (Å²) in [7, 11) is 0. The maximum Gasteiger partial charge on any atom is -0.00725 e. The molecule has 88 valence electrons. The van der Waals surface area contributed by atoms with Crippen LogP contribution in [0.4, 0.5) is 0 Å². The number of hydrogen-bond acceptors (Lipinski definition) is 0. The van der Waals surface area contributed by atoms with E-state index < -0.39 is 0 Å². The first-order valence-corrected chi connectivity index (χ1v) is 6.85. The molecule has 1 aromatic carbocycles. The summed E-state index contributed by atoms with van der Waals surface area (Å²) in [4.78, 5) is 0. The van der Waals surface area contributed by atoms with Crippen LogP contribution in [0.25, 0.3) is 0 Å². The monoisotopic (exact) mass is 216 g/mol. The van der Waals surface area contributed by atoms with Crippen LogP contribution in [0.15, 0.2) is 24.3 Å². The predicted octanol–water partition coefficient (Wildman–Crippen LogP) is 4.86. The lowest BCUT2D eigenvalue weighted by atomic mass is 9.69. The lowest BCUT2D eigenvalue weighted by Gasteiger charge is -2.35. The Labute approximate surface area is 100 Å². The molecule has 16 heavy (non-hydrogen) atoms. The van der Waals surface area contributed by atoms with Crippen molar-refractivity contribution in [1.82, 2.24) is 0 Å². The third-order valence-electron chi connectivity index (χ3n) is 4.14. The highest BCUT2D eigenvalue weighted by atomic mass is 14.3. The second-order valence-corrected chi connectivity index (χ2v) is 5.53. The van der Waals surface area contributed by atoms with Crippen LogP contribution in [-0.4, -0.2) is 0 Å². The van der Waals surface area contributed by atoms with Crippen LogP contribution in [-0.2, 0) is 11.8 Å². The first-order valence-electron chi connectivity index (χ1n) is 6.85. The summed E-state index contributed by atoms with van der Waals surface area (Å²) in [5.41, 5.74) is 3.69. The molecule has 1 aliphatic rings. The average molecular weight is 216 g/mol. The minimum Gasteiger partial charge on any atom is -0.0651 e. The van der Waals surface area contributed by atoms with Crippen molar-refractivity contribution in [3.05, 3.63) is 35.4 Å². The highest BCUT2D eigenvalue weighted by molar-refractivity contribution is 5.34. The van der Waals surface area contributed by atoms with E-state index in [0.717, 1.165) is 0 Å². The summed E-state index contributed by atoms with van der Waals surface area (Å²) in [6.45, 7) is 4.75. The number of hydrogen-bond donors (Lipinski definition) is 0. The zero-order valence-corrected chi connectivity index (χ0v) is 10.8. The summed E-state index contributed by atoms with van der Waals surface area (Å²) in [5, 5.41) is 0. The van der Waals surface area contributed by atoms with Gasteiger partial charge in [-0.1, -0.05) is 63.8 Å². The van der Waals surface area contributed by atoms with Crippen molar-refractivity contribution in [2.75, 3.05) is 0 Å². The molecule has 0 aliphatic heterocycles. The van der Waals surface area contributed by atoms with Gasteiger partial charge in [0.25, 0.3) is 0 Å². The number of rotatable bonds is 3. The third kappa shape index (κ3) is 2.31. The van der Waals surface area contributed by atoms with E-state index in [1.807, 2.05) is 0 Å². The molecule has 0 aromatic heterocycles. The number of aryl methyl sites for hydroxylation is 1. The Morgan fingerprint density at radius 3 is 2.44 bits per heavy atom. The minimum atomic E-state index is 0.462. The number of benzene rings is 1. The standard InChI is InChI=1S/C16H24/c1-3-9-14-10-5-6-11-15(14)16(2)12-7-4-8-13-16/h5-6,10-11H,3-4,7-9,12-13H2,1-2H3. The SMILES string of the molecule is CCCc1ccccc1C1(C)CCCCC1. The molecule has 1 fully saturated rings. The van der Waals surface area contributed by atoms with E-state index in [1.165, 1.54) is 44.9 Å². The van der Waals surface area contributed by atoms with E-state index in [2.05, 4.69) is 38.1 Å². The van der Waals surface area contributed by atoms with Gasteiger partial charge in [0.15, 0.2) is 0 Å². The van der Waals surface area contributed by atoms with Crippen LogP contribution in [0.2, 0.25) is 0 Å². The molecular weight excluding hydrogens is 192 g/mol. The fourth-order valence-corrected chi connectivity index (χ4v) is 3.20. The van der Waals surface area contributed by atoms with Crippen LogP contribution in [0.5, 0.6) is 0 Å². The molecule has 0 heterocycles. The van der Waals surface area contributed by atoms with Crippen LogP contribution in [0, 0.1) is 0 Å². The van der Waals surface area contributed by atoms with E-state index in [-0.39, 0.29) is 0 Å². The molecule has 0 bridgehead atoms. The molecule has 0 nitrogen and oxygen atoms in total. The molecule has 0 spiro atoms. The second-order valence-electron chi connectivity index (χ2n) is 5.53. The lowest BCUT2D eigenvalue weighted by Crippen LogP contribution is -2.26. The van der Waals surface area contributed by atoms with Gasteiger partial charge in [-0.15, -0.1) is 0 Å². The molecule has 0 heteroatoms. The predicted molar refractivity (Wildman–Crippen MR) is 70.9 cm³/mol. The zero-order chi connectivity index (χ0) is 11.4. The molecule has 0 N–H and O–H groups in total. The molecule has 1 aromatic rings. The Kier molecular flexibility index (Phi) is 3.68. The average Bonchev–Trinajstić information content (AvgIpc) is 2.31. The van der Waals surface area contributed by atoms with Crippen molar-refractivity contribution in [2.24, 2.45) is 0 Å². The minimum absolute atomic E-state index is 0.462. The van der Waals surface area contributed by atoms with Crippen molar-refractivity contribution in [1.29, 1.82) is 0 Å². The fourth-order valence-electron chi connectivity index (χ4n) is 3.20. The molecule has 2 rings (SSSR count). The Bertz CT molecular complexity index is 332. The van der Waals surface area contributed by atoms with E-state index in [0.29, 0.717) is 5.41 Å². The summed E-state index contributed by atoms with van der Waals surface area (Å²) in [6.07, 6.45) is 9.53. The van der Waals surface area contributed by atoms with Gasteiger partial charge in [0.2, 0.25) is 0 Å². The van der Waals surface area contributed by atoms with Crippen molar-refractivity contribution < 1.29 is 0 Å². The van der Waals surface area contributed by atoms with Crippen molar-refractivity contribution in [3.8, 4) is 0 Å². The van der Waals surface area contributed by atoms with Gasteiger partial charge in [0.1, 0.15) is 0 Å². The summed E-state index contributed by atoms with van der Waals surface area (Å²) >= 11 is 0. The maximum absolute atomic E-state index is 2.47. The topological polar surface area (TPSA) is 0 Å². The van der Waals surface area contributed by atoms with Crippen LogP contribution < -0.4 is 0 Å². The van der Waals surface area contributed by atoms with Gasteiger partial charge in [-0.05, 0) is 35.8 Å². The van der Waals surface area contributed by atoms with E-state index >= 15 is 0 Å². The van der Waals surface area contributed by atoms with Crippen LogP contribution >= 0.6 is 0 Å². The van der Waals surface area contributed by atoms with Crippen LogP contribution in [0.3, 0.4) is 0 Å². The molecule has 0 atom stereocenters. The largest absolute Gasteiger partial charge is 0.0651 e. The molecule has 0 amide bonds. The lowest BCUT2D eigenvalue weighted by molar-refractivity contribution is 0.317. The fraction of sp³-hybridized carbons (Fsp3) is 0.625. The Hall–Kier alpha value is -0.780. The van der Waals surface area contributed by atoms with Crippen molar-refractivity contribution in [2.45, 2.75) is 64.2 Å². The van der Waals surface area contributed by atoms with Gasteiger partial charge >= 0.3 is 0 Å². The first-order chi connectivity index (χ1) is 7.76. The Morgan fingerprint density at radius 2 is 1.75 bits per heavy atom. The highest BCUT2D eigenvalue weighted by Crippen LogP contribution is 2.40. The van der Waals surface area contributed by atoms with E-state index in [9.17, 15) is 0 Å². The summed E-state index contributed by atoms with van der Waals surface area (Å²) in [6, 6.07) is 9.12. The molecule has 0 saturated heterocycles. The van der Waals surface area contributed by atoms with Crippen LogP contribution in [0.1, 0.15) is 63.5 Å². The smallest absolute Gasteiger partial charge is 0.00725 e. The maximum atomic E-state index is 2.47. The third-order valence-corrected chi connectivity index (χ3v) is 4.14. The molecular formula is C16H24. The quantitative estimate of drug-likeness (QED) is 0.677. The van der Waals surface area contributed by atoms with Gasteiger partial charge in [-0.2, -0.15) is 0 Å². The molecule has 1 aliphatic carbocycles. The Morgan fingerprint density at radius 1 is 1.06 bits per heavy atom. The first kappa shape index (κ1) is 11.7. The van der Waals surface area contributed by atoms with E-state index in [4.69, 9.17) is 0 Å². The van der Waals surface area contributed by atoms with Crippen molar-refractivity contribution >= 4 is 0 Å². The van der Waals surface area contributed by atoms with E-state index in [1.54, 1.807) is 11.1 Å². The van der Waals surface area contributed by atoms with Gasteiger partial charge in [-0.3, -0.25) is 0 Å². The Balaban J connectivity index is 2.30. The molecule has 0 radical (unpaired) electrons. The van der Waals surface area contributed by atoms with Gasteiger partial charge in [0.05, 0.1) is 0 Å². The molecule has 0 unspecified atom stereocenters. The second kappa shape index (κ2) is 5.03. The van der Waals surface area contributed by atoms with Gasteiger partial charge in [0, 0.05) is 0 Å². The summed E-state index contributed by atoms with van der Waals surface area (Å²) < 4.78 is 0. The van der Waals surface area contributed by atoms with Crippen molar-refractivity contribution in [3.63, 3.8) is 0 Å².